The van der Waals surface area contributed by atoms with Gasteiger partial charge < -0.3 is 14.4 Å². The van der Waals surface area contributed by atoms with Gasteiger partial charge in [0, 0.05) is 12.7 Å². The van der Waals surface area contributed by atoms with Crippen LogP contribution in [0.25, 0.3) is 0 Å². The zero-order valence-electron chi connectivity index (χ0n) is 10.9. The number of aromatic carboxylic acids is 1. The summed E-state index contributed by atoms with van der Waals surface area (Å²) < 4.78 is 11.5. The van der Waals surface area contributed by atoms with Crippen molar-refractivity contribution in [2.24, 2.45) is 0 Å². The van der Waals surface area contributed by atoms with Crippen LogP contribution in [0.1, 0.15) is 33.2 Å². The van der Waals surface area contributed by atoms with Crippen LogP contribution in [0.5, 0.6) is 0 Å². The second-order valence-corrected chi connectivity index (χ2v) is 4.08. The van der Waals surface area contributed by atoms with Gasteiger partial charge in [0.15, 0.2) is 5.69 Å². The molecule has 0 saturated heterocycles. The molecule has 2 heterocycles. The van der Waals surface area contributed by atoms with Gasteiger partial charge in [0.2, 0.25) is 0 Å². The molecule has 0 fully saturated rings. The smallest absolute Gasteiger partial charge is 0.358 e. The topological polar surface area (TPSA) is 103 Å². The molecule has 0 aliphatic carbocycles. The molecular weight excluding hydrogens is 252 g/mol. The van der Waals surface area contributed by atoms with Gasteiger partial charge in [-0.2, -0.15) is 0 Å². The Bertz CT molecular complexity index is 582. The SMILES string of the molecule is COCc1c(C(=O)O)nnn1Cc1c(C)noc1C. The Labute approximate surface area is 109 Å². The average molecular weight is 266 g/mol. The van der Waals surface area contributed by atoms with Crippen molar-refractivity contribution in [3.63, 3.8) is 0 Å². The summed E-state index contributed by atoms with van der Waals surface area (Å²) in [4.78, 5) is 11.0. The summed E-state index contributed by atoms with van der Waals surface area (Å²) in [6, 6.07) is 0. The first-order valence-corrected chi connectivity index (χ1v) is 5.61. The zero-order valence-corrected chi connectivity index (χ0v) is 10.9. The van der Waals surface area contributed by atoms with Gasteiger partial charge in [-0.3, -0.25) is 0 Å². The molecule has 19 heavy (non-hydrogen) atoms. The van der Waals surface area contributed by atoms with Crippen LogP contribution >= 0.6 is 0 Å². The minimum absolute atomic E-state index is 0.103. The number of ether oxygens (including phenoxy) is 1. The lowest BCUT2D eigenvalue weighted by Gasteiger charge is -2.05. The van der Waals surface area contributed by atoms with Gasteiger partial charge in [0.1, 0.15) is 5.76 Å². The summed E-state index contributed by atoms with van der Waals surface area (Å²) in [5, 5.41) is 20.4. The standard InChI is InChI=1S/C11H14N4O4/c1-6-8(7(2)19-13-6)4-15-9(5-18-3)10(11(16)17)12-14-15/h4-5H2,1-3H3,(H,16,17). The molecule has 0 unspecified atom stereocenters. The number of methoxy groups -OCH3 is 1. The third kappa shape index (κ3) is 2.48. The predicted octanol–water partition coefficient (Wildman–Crippen LogP) is 0.776. The Hall–Kier alpha value is -2.22. The Morgan fingerprint density at radius 1 is 1.47 bits per heavy atom. The number of hydrogen-bond acceptors (Lipinski definition) is 6. The van der Waals surface area contributed by atoms with Crippen molar-refractivity contribution >= 4 is 5.97 Å². The second-order valence-electron chi connectivity index (χ2n) is 4.08. The molecule has 0 saturated carbocycles. The van der Waals surface area contributed by atoms with Gasteiger partial charge in [0.05, 0.1) is 24.5 Å². The van der Waals surface area contributed by atoms with Crippen molar-refractivity contribution < 1.29 is 19.2 Å². The van der Waals surface area contributed by atoms with E-state index in [2.05, 4.69) is 15.5 Å². The largest absolute Gasteiger partial charge is 0.476 e. The van der Waals surface area contributed by atoms with E-state index in [1.807, 2.05) is 6.92 Å². The Balaban J connectivity index is 2.37. The van der Waals surface area contributed by atoms with E-state index in [0.717, 1.165) is 11.3 Å². The van der Waals surface area contributed by atoms with Gasteiger partial charge in [0.25, 0.3) is 0 Å². The Kier molecular flexibility index (Phi) is 3.61. The van der Waals surface area contributed by atoms with Crippen molar-refractivity contribution in [2.75, 3.05) is 7.11 Å². The molecule has 102 valence electrons. The lowest BCUT2D eigenvalue weighted by Crippen LogP contribution is -2.11. The van der Waals surface area contributed by atoms with Crippen LogP contribution in [-0.4, -0.2) is 38.3 Å². The highest BCUT2D eigenvalue weighted by atomic mass is 16.5. The first kappa shape index (κ1) is 13.2. The fraction of sp³-hybridized carbons (Fsp3) is 0.455. The van der Waals surface area contributed by atoms with Crippen LogP contribution in [0.4, 0.5) is 0 Å². The van der Waals surface area contributed by atoms with Crippen molar-refractivity contribution in [3.05, 3.63) is 28.4 Å². The molecule has 0 spiro atoms. The minimum atomic E-state index is -1.13. The summed E-state index contributed by atoms with van der Waals surface area (Å²) in [6.45, 7) is 4.08. The van der Waals surface area contributed by atoms with E-state index in [4.69, 9.17) is 14.4 Å². The van der Waals surface area contributed by atoms with E-state index in [1.54, 1.807) is 6.92 Å². The molecule has 0 bridgehead atoms. The molecule has 2 aromatic rings. The van der Waals surface area contributed by atoms with Gasteiger partial charge in [-0.15, -0.1) is 5.10 Å². The third-order valence-electron chi connectivity index (χ3n) is 2.81. The number of aromatic nitrogens is 4. The molecule has 0 atom stereocenters. The van der Waals surface area contributed by atoms with Crippen molar-refractivity contribution in [3.8, 4) is 0 Å². The minimum Gasteiger partial charge on any atom is -0.476 e. The molecular formula is C11H14N4O4. The fourth-order valence-corrected chi connectivity index (χ4v) is 1.78. The maximum Gasteiger partial charge on any atom is 0.358 e. The summed E-state index contributed by atoms with van der Waals surface area (Å²) >= 11 is 0. The molecule has 0 aliphatic heterocycles. The summed E-state index contributed by atoms with van der Waals surface area (Å²) in [6.07, 6.45) is 0. The monoisotopic (exact) mass is 266 g/mol. The predicted molar refractivity (Wildman–Crippen MR) is 62.8 cm³/mol. The van der Waals surface area contributed by atoms with Crippen LogP contribution in [0.2, 0.25) is 0 Å². The first-order chi connectivity index (χ1) is 9.04. The molecule has 1 N–H and O–H groups in total. The molecule has 8 nitrogen and oxygen atoms in total. The van der Waals surface area contributed by atoms with E-state index < -0.39 is 5.97 Å². The molecule has 0 aromatic carbocycles. The maximum atomic E-state index is 11.0. The molecule has 0 radical (unpaired) electrons. The second kappa shape index (κ2) is 5.19. The molecule has 2 aromatic heterocycles. The molecule has 2 rings (SSSR count). The van der Waals surface area contributed by atoms with Crippen LogP contribution in [0.3, 0.4) is 0 Å². The number of hydrogen-bond donors (Lipinski definition) is 1. The summed E-state index contributed by atoms with van der Waals surface area (Å²) in [5.74, 6) is -0.453. The summed E-state index contributed by atoms with van der Waals surface area (Å²) in [5.41, 5.74) is 1.91. The van der Waals surface area contributed by atoms with E-state index >= 15 is 0 Å². The molecule has 0 amide bonds. The lowest BCUT2D eigenvalue weighted by atomic mass is 10.2. The van der Waals surface area contributed by atoms with Crippen molar-refractivity contribution in [1.82, 2.24) is 20.2 Å². The third-order valence-corrected chi connectivity index (χ3v) is 2.81. The highest BCUT2D eigenvalue weighted by molar-refractivity contribution is 5.86. The van der Waals surface area contributed by atoms with Gasteiger partial charge in [-0.25, -0.2) is 9.48 Å². The maximum absolute atomic E-state index is 11.0. The van der Waals surface area contributed by atoms with E-state index in [9.17, 15) is 4.79 Å². The quantitative estimate of drug-likeness (QED) is 0.852. The van der Waals surface area contributed by atoms with Crippen molar-refractivity contribution in [2.45, 2.75) is 27.0 Å². The first-order valence-electron chi connectivity index (χ1n) is 5.61. The van der Waals surface area contributed by atoms with Gasteiger partial charge >= 0.3 is 5.97 Å². The van der Waals surface area contributed by atoms with Crippen LogP contribution in [-0.2, 0) is 17.9 Å². The number of nitrogens with zero attached hydrogens (tertiary/aromatic N) is 4. The highest BCUT2D eigenvalue weighted by Crippen LogP contribution is 2.16. The normalized spacial score (nSPS) is 10.9. The lowest BCUT2D eigenvalue weighted by molar-refractivity contribution is 0.0684. The zero-order chi connectivity index (χ0) is 14.0. The van der Waals surface area contributed by atoms with Gasteiger partial charge in [-0.1, -0.05) is 10.4 Å². The highest BCUT2D eigenvalue weighted by Gasteiger charge is 2.20. The molecule has 0 aliphatic rings. The van der Waals surface area contributed by atoms with Crippen LogP contribution in [0, 0.1) is 13.8 Å². The number of rotatable bonds is 5. The van der Waals surface area contributed by atoms with E-state index in [1.165, 1.54) is 11.8 Å². The van der Waals surface area contributed by atoms with Crippen LogP contribution < -0.4 is 0 Å². The van der Waals surface area contributed by atoms with Gasteiger partial charge in [-0.05, 0) is 13.8 Å². The van der Waals surface area contributed by atoms with Crippen LogP contribution in [0.15, 0.2) is 4.52 Å². The van der Waals surface area contributed by atoms with E-state index in [-0.39, 0.29) is 12.3 Å². The molecule has 8 heteroatoms. The number of aryl methyl sites for hydroxylation is 2. The fourth-order valence-electron chi connectivity index (χ4n) is 1.78. The average Bonchev–Trinajstić information content (AvgIpc) is 2.89. The Morgan fingerprint density at radius 2 is 2.21 bits per heavy atom. The van der Waals surface area contributed by atoms with Crippen molar-refractivity contribution in [1.29, 1.82) is 0 Å². The van der Waals surface area contributed by atoms with E-state index in [0.29, 0.717) is 18.0 Å². The number of carboxylic acids is 1. The number of carbonyl (C=O) groups is 1. The Morgan fingerprint density at radius 3 is 2.74 bits per heavy atom. The summed E-state index contributed by atoms with van der Waals surface area (Å²) in [7, 11) is 1.48. The number of carboxylic acid groups (broad SMARTS) is 1.